The van der Waals surface area contributed by atoms with E-state index >= 15 is 0 Å². The Balaban J connectivity index is 2.79. The van der Waals surface area contributed by atoms with Gasteiger partial charge >= 0.3 is 0 Å². The van der Waals surface area contributed by atoms with E-state index in [0.717, 1.165) is 6.32 Å². The fourth-order valence-electron chi connectivity index (χ4n) is 1.60. The van der Waals surface area contributed by atoms with Gasteiger partial charge in [-0.2, -0.15) is 0 Å². The first-order chi connectivity index (χ1) is 5.92. The zero-order chi connectivity index (χ0) is 8.39. The van der Waals surface area contributed by atoms with Crippen LogP contribution in [0.5, 0.6) is 0 Å². The summed E-state index contributed by atoms with van der Waals surface area (Å²) in [5.41, 5.74) is 1.44. The highest BCUT2D eigenvalue weighted by Gasteiger charge is 1.95. The maximum atomic E-state index is 2.20. The molecule has 0 fully saturated rings. The van der Waals surface area contributed by atoms with Crippen LogP contribution in [-0.2, 0) is 6.32 Å². The lowest BCUT2D eigenvalue weighted by molar-refractivity contribution is 1.45. The van der Waals surface area contributed by atoms with Crippen molar-refractivity contribution in [2.75, 3.05) is 0 Å². The molecule has 0 aromatic heterocycles. The number of benzene rings is 2. The monoisotopic (exact) mass is 154 g/mol. The van der Waals surface area contributed by atoms with Gasteiger partial charge in [-0.3, -0.25) is 0 Å². The zero-order valence-corrected chi connectivity index (χ0v) is 7.25. The van der Waals surface area contributed by atoms with Crippen LogP contribution in [-0.4, -0.2) is 7.85 Å². The first kappa shape index (κ1) is 7.42. The smallest absolute Gasteiger partial charge is 0.0616 e. The first-order valence-electron chi connectivity index (χ1n) is 4.38. The molecule has 0 spiro atoms. The van der Waals surface area contributed by atoms with Gasteiger partial charge in [-0.25, -0.2) is 0 Å². The Morgan fingerprint density at radius 1 is 0.917 bits per heavy atom. The Morgan fingerprint density at radius 3 is 2.50 bits per heavy atom. The first-order valence-corrected chi connectivity index (χ1v) is 4.38. The third-order valence-corrected chi connectivity index (χ3v) is 2.26. The molecule has 0 amide bonds. The van der Waals surface area contributed by atoms with E-state index in [1.165, 1.54) is 16.3 Å². The van der Waals surface area contributed by atoms with Crippen LogP contribution in [0.15, 0.2) is 42.5 Å². The van der Waals surface area contributed by atoms with Crippen molar-refractivity contribution in [2.24, 2.45) is 0 Å². The fraction of sp³-hybridized carbons (Fsp3) is 0.0909. The molecule has 0 unspecified atom stereocenters. The fourth-order valence-corrected chi connectivity index (χ4v) is 1.60. The third kappa shape index (κ3) is 1.12. The lowest BCUT2D eigenvalue weighted by atomic mass is 9.92. The molecule has 0 heterocycles. The third-order valence-electron chi connectivity index (χ3n) is 2.26. The van der Waals surface area contributed by atoms with Crippen LogP contribution in [0.3, 0.4) is 0 Å². The number of fused-ring (bicyclic) bond motifs is 1. The second kappa shape index (κ2) is 3.02. The van der Waals surface area contributed by atoms with Crippen molar-refractivity contribution in [2.45, 2.75) is 6.32 Å². The van der Waals surface area contributed by atoms with Gasteiger partial charge < -0.3 is 0 Å². The molecule has 0 aliphatic heterocycles. The van der Waals surface area contributed by atoms with Crippen LogP contribution in [0.2, 0.25) is 0 Å². The molecule has 1 heteroatoms. The largest absolute Gasteiger partial charge is 0.107 e. The highest BCUT2D eigenvalue weighted by atomic mass is 14.0. The molecular weight excluding hydrogens is 143 g/mol. The molecule has 0 aliphatic rings. The van der Waals surface area contributed by atoms with Crippen molar-refractivity contribution < 1.29 is 0 Å². The number of hydrogen-bond donors (Lipinski definition) is 0. The summed E-state index contributed by atoms with van der Waals surface area (Å²) in [5.74, 6) is 0. The summed E-state index contributed by atoms with van der Waals surface area (Å²) in [6.45, 7) is 0. The van der Waals surface area contributed by atoms with E-state index in [4.69, 9.17) is 0 Å². The normalized spacial score (nSPS) is 10.3. The van der Waals surface area contributed by atoms with Crippen LogP contribution in [0.25, 0.3) is 10.8 Å². The van der Waals surface area contributed by atoms with Gasteiger partial charge in [0.2, 0.25) is 0 Å². The zero-order valence-electron chi connectivity index (χ0n) is 7.25. The summed E-state index contributed by atoms with van der Waals surface area (Å²) >= 11 is 0. The topological polar surface area (TPSA) is 0 Å². The Bertz CT molecular complexity index is 388. The minimum atomic E-state index is 1.11. The lowest BCUT2D eigenvalue weighted by Crippen LogP contribution is -1.84. The van der Waals surface area contributed by atoms with E-state index in [-0.39, 0.29) is 0 Å². The molecule has 0 saturated heterocycles. The van der Waals surface area contributed by atoms with Crippen LogP contribution in [0, 0.1) is 0 Å². The minimum Gasteiger partial charge on any atom is -0.0616 e. The summed E-state index contributed by atoms with van der Waals surface area (Å²) in [4.78, 5) is 0. The Kier molecular flexibility index (Phi) is 1.87. The van der Waals surface area contributed by atoms with Gasteiger partial charge in [-0.1, -0.05) is 48.8 Å². The maximum Gasteiger partial charge on any atom is 0.107 e. The Morgan fingerprint density at radius 2 is 1.67 bits per heavy atom. The van der Waals surface area contributed by atoms with Gasteiger partial charge in [-0.15, -0.1) is 0 Å². The second-order valence-electron chi connectivity index (χ2n) is 2.99. The van der Waals surface area contributed by atoms with Gasteiger partial charge in [0.1, 0.15) is 7.85 Å². The standard InChI is InChI=1S/C11H11B/c12-8-10-6-3-5-9-4-1-2-7-11(9)10/h1-7H,8,12H2. The maximum absolute atomic E-state index is 2.20. The molecule has 2 aromatic carbocycles. The van der Waals surface area contributed by atoms with Crippen molar-refractivity contribution in [3.8, 4) is 0 Å². The van der Waals surface area contributed by atoms with Crippen molar-refractivity contribution in [1.82, 2.24) is 0 Å². The summed E-state index contributed by atoms with van der Waals surface area (Å²) in [7, 11) is 2.20. The molecule has 0 aliphatic carbocycles. The molecule has 0 saturated carbocycles. The van der Waals surface area contributed by atoms with Crippen LogP contribution in [0.1, 0.15) is 5.56 Å². The molecular formula is C11H11B. The summed E-state index contributed by atoms with van der Waals surface area (Å²) in [6, 6.07) is 15.0. The van der Waals surface area contributed by atoms with Gasteiger partial charge in [0.25, 0.3) is 0 Å². The molecule has 0 nitrogen and oxygen atoms in total. The molecule has 2 rings (SSSR count). The van der Waals surface area contributed by atoms with E-state index in [1.54, 1.807) is 0 Å². The van der Waals surface area contributed by atoms with E-state index in [0.29, 0.717) is 0 Å². The lowest BCUT2D eigenvalue weighted by Gasteiger charge is -2.02. The Labute approximate surface area is 73.6 Å². The Hall–Kier alpha value is -1.24. The van der Waals surface area contributed by atoms with Crippen molar-refractivity contribution in [3.05, 3.63) is 48.0 Å². The van der Waals surface area contributed by atoms with E-state index in [1.807, 2.05) is 0 Å². The number of rotatable bonds is 1. The predicted molar refractivity (Wildman–Crippen MR) is 56.2 cm³/mol. The molecule has 12 heavy (non-hydrogen) atoms. The average Bonchev–Trinajstić information content (AvgIpc) is 2.17. The highest BCUT2D eigenvalue weighted by molar-refractivity contribution is 6.09. The molecule has 0 N–H and O–H groups in total. The van der Waals surface area contributed by atoms with E-state index in [2.05, 4.69) is 50.3 Å². The summed E-state index contributed by atoms with van der Waals surface area (Å²) in [5, 5.41) is 2.74. The minimum absolute atomic E-state index is 1.11. The molecule has 58 valence electrons. The molecule has 0 radical (unpaired) electrons. The van der Waals surface area contributed by atoms with Gasteiger partial charge in [0.15, 0.2) is 0 Å². The average molecular weight is 154 g/mol. The molecule has 0 atom stereocenters. The summed E-state index contributed by atoms with van der Waals surface area (Å²) < 4.78 is 0. The van der Waals surface area contributed by atoms with Crippen molar-refractivity contribution >= 4 is 18.6 Å². The van der Waals surface area contributed by atoms with Crippen LogP contribution in [0.4, 0.5) is 0 Å². The van der Waals surface area contributed by atoms with E-state index in [9.17, 15) is 0 Å². The van der Waals surface area contributed by atoms with Gasteiger partial charge in [-0.05, 0) is 16.3 Å². The van der Waals surface area contributed by atoms with Crippen LogP contribution >= 0.6 is 0 Å². The quantitative estimate of drug-likeness (QED) is 0.551. The van der Waals surface area contributed by atoms with Crippen LogP contribution < -0.4 is 0 Å². The summed E-state index contributed by atoms with van der Waals surface area (Å²) in [6.07, 6.45) is 1.11. The van der Waals surface area contributed by atoms with Gasteiger partial charge in [0, 0.05) is 0 Å². The molecule has 0 bridgehead atoms. The van der Waals surface area contributed by atoms with Crippen molar-refractivity contribution in [3.63, 3.8) is 0 Å². The van der Waals surface area contributed by atoms with Gasteiger partial charge in [0.05, 0.1) is 0 Å². The van der Waals surface area contributed by atoms with Crippen molar-refractivity contribution in [1.29, 1.82) is 0 Å². The second-order valence-corrected chi connectivity index (χ2v) is 2.99. The SMILES string of the molecule is BCc1cccc2ccccc12. The predicted octanol–water partition coefficient (Wildman–Crippen LogP) is 1.97. The van der Waals surface area contributed by atoms with E-state index < -0.39 is 0 Å². The molecule has 2 aromatic rings. The highest BCUT2D eigenvalue weighted by Crippen LogP contribution is 2.17. The number of hydrogen-bond acceptors (Lipinski definition) is 0.